The van der Waals surface area contributed by atoms with E-state index in [0.29, 0.717) is 18.9 Å². The van der Waals surface area contributed by atoms with Crippen molar-refractivity contribution in [1.82, 2.24) is 15.5 Å². The Morgan fingerprint density at radius 1 is 1.29 bits per heavy atom. The molecule has 124 valence electrons. The van der Waals surface area contributed by atoms with Crippen LogP contribution in [-0.2, 0) is 0 Å². The maximum atomic E-state index is 11.7. The molecule has 0 atom stereocenters. The number of rotatable bonds is 5. The van der Waals surface area contributed by atoms with Gasteiger partial charge < -0.3 is 15.8 Å². The van der Waals surface area contributed by atoms with Gasteiger partial charge >= 0.3 is 6.03 Å². The molecule has 2 aromatic carbocycles. The third kappa shape index (κ3) is 3.16. The largest absolute Gasteiger partial charge is 0.496 e. The van der Waals surface area contributed by atoms with Crippen molar-refractivity contribution in [1.29, 1.82) is 0 Å². The van der Waals surface area contributed by atoms with Crippen LogP contribution in [0.15, 0.2) is 42.5 Å². The number of amides is 2. The molecule has 0 unspecified atom stereocenters. The Morgan fingerprint density at radius 2 is 2.12 bits per heavy atom. The highest BCUT2D eigenvalue weighted by atomic mass is 16.5. The summed E-state index contributed by atoms with van der Waals surface area (Å²) in [6, 6.07) is 13.3. The number of aromatic nitrogens is 2. The Bertz CT molecular complexity index is 859. The predicted octanol–water partition coefficient (Wildman–Crippen LogP) is 2.32. The number of para-hydroxylation sites is 1. The van der Waals surface area contributed by atoms with Gasteiger partial charge in [0.05, 0.1) is 12.6 Å². The van der Waals surface area contributed by atoms with Crippen LogP contribution in [-0.4, -0.2) is 36.4 Å². The van der Waals surface area contributed by atoms with Crippen molar-refractivity contribution in [2.24, 2.45) is 5.73 Å². The highest BCUT2D eigenvalue weighted by Crippen LogP contribution is 2.32. The summed E-state index contributed by atoms with van der Waals surface area (Å²) >= 11 is 0. The van der Waals surface area contributed by atoms with Gasteiger partial charge in [-0.25, -0.2) is 4.79 Å². The second kappa shape index (κ2) is 7.01. The molecule has 2 amide bonds. The molecule has 5 N–H and O–H groups in total. The van der Waals surface area contributed by atoms with Crippen molar-refractivity contribution in [3.63, 3.8) is 0 Å². The van der Waals surface area contributed by atoms with E-state index in [0.717, 1.165) is 27.8 Å². The first-order valence-electron chi connectivity index (χ1n) is 7.59. The van der Waals surface area contributed by atoms with E-state index in [1.807, 2.05) is 42.5 Å². The van der Waals surface area contributed by atoms with Crippen molar-refractivity contribution >= 4 is 22.8 Å². The Hall–Kier alpha value is -3.06. The molecule has 24 heavy (non-hydrogen) atoms. The van der Waals surface area contributed by atoms with Crippen molar-refractivity contribution in [3.05, 3.63) is 42.5 Å². The quantitative estimate of drug-likeness (QED) is 0.577. The summed E-state index contributed by atoms with van der Waals surface area (Å²) in [4.78, 5) is 11.7. The number of hydrogen-bond donors (Lipinski definition) is 4. The first kappa shape index (κ1) is 15.8. The molecule has 0 saturated carbocycles. The van der Waals surface area contributed by atoms with Crippen molar-refractivity contribution in [2.75, 3.05) is 25.5 Å². The molecule has 7 heteroatoms. The number of benzene rings is 2. The zero-order valence-electron chi connectivity index (χ0n) is 13.3. The summed E-state index contributed by atoms with van der Waals surface area (Å²) in [7, 11) is 1.65. The van der Waals surface area contributed by atoms with Crippen molar-refractivity contribution in [3.8, 4) is 16.9 Å². The Morgan fingerprint density at radius 3 is 2.92 bits per heavy atom. The number of anilines is 1. The van der Waals surface area contributed by atoms with Crippen LogP contribution in [0.4, 0.5) is 10.6 Å². The molecule has 0 saturated heterocycles. The molecule has 0 fully saturated rings. The predicted molar refractivity (Wildman–Crippen MR) is 94.2 cm³/mol. The number of fused-ring (bicyclic) bond motifs is 1. The van der Waals surface area contributed by atoms with Crippen LogP contribution in [0.3, 0.4) is 0 Å². The monoisotopic (exact) mass is 325 g/mol. The van der Waals surface area contributed by atoms with Crippen LogP contribution < -0.4 is 21.1 Å². The second-order valence-corrected chi connectivity index (χ2v) is 5.20. The molecule has 1 aromatic heterocycles. The molecule has 0 aliphatic heterocycles. The summed E-state index contributed by atoms with van der Waals surface area (Å²) in [5, 5.41) is 13.3. The van der Waals surface area contributed by atoms with E-state index < -0.39 is 0 Å². The molecule has 0 spiro atoms. The van der Waals surface area contributed by atoms with Gasteiger partial charge in [0.1, 0.15) is 5.75 Å². The fourth-order valence-corrected chi connectivity index (χ4v) is 2.50. The lowest BCUT2D eigenvalue weighted by atomic mass is 10.0. The van der Waals surface area contributed by atoms with Crippen LogP contribution in [0.5, 0.6) is 5.75 Å². The minimum absolute atomic E-state index is 0.331. The molecule has 0 bridgehead atoms. The number of carbonyl (C=O) groups is 1. The lowest BCUT2D eigenvalue weighted by Gasteiger charge is -2.08. The molecular weight excluding hydrogens is 306 g/mol. The first-order chi connectivity index (χ1) is 11.7. The molecule has 1 heterocycles. The molecule has 3 aromatic rings. The molecule has 0 radical (unpaired) electrons. The first-order valence-corrected chi connectivity index (χ1v) is 7.59. The summed E-state index contributed by atoms with van der Waals surface area (Å²) < 4.78 is 5.41. The number of H-pyrrole nitrogens is 1. The molecule has 0 aliphatic rings. The molecular formula is C17H19N5O2. The number of aromatic amines is 1. The number of nitrogens with two attached hydrogens (primary N) is 1. The van der Waals surface area contributed by atoms with E-state index in [1.54, 1.807) is 7.11 Å². The van der Waals surface area contributed by atoms with Crippen LogP contribution in [0.25, 0.3) is 22.0 Å². The number of urea groups is 1. The maximum absolute atomic E-state index is 11.7. The van der Waals surface area contributed by atoms with Gasteiger partial charge in [0.25, 0.3) is 0 Å². The summed E-state index contributed by atoms with van der Waals surface area (Å²) in [5.41, 5.74) is 8.18. The number of ether oxygens (including phenoxy) is 1. The average molecular weight is 325 g/mol. The fourth-order valence-electron chi connectivity index (χ4n) is 2.50. The van der Waals surface area contributed by atoms with Gasteiger partial charge in [-0.2, -0.15) is 5.10 Å². The molecule has 0 aliphatic carbocycles. The molecule has 7 nitrogen and oxygen atoms in total. The van der Waals surface area contributed by atoms with Gasteiger partial charge in [-0.3, -0.25) is 10.4 Å². The third-order valence-electron chi connectivity index (χ3n) is 3.64. The maximum Gasteiger partial charge on any atom is 0.320 e. The number of nitrogens with zero attached hydrogens (tertiary/aromatic N) is 1. The number of methoxy groups -OCH3 is 1. The smallest absolute Gasteiger partial charge is 0.320 e. The van der Waals surface area contributed by atoms with Crippen LogP contribution in [0.2, 0.25) is 0 Å². The molecule has 3 rings (SSSR count). The average Bonchev–Trinajstić information content (AvgIpc) is 3.02. The number of carbonyl (C=O) groups excluding carboxylic acids is 1. The van der Waals surface area contributed by atoms with Gasteiger partial charge in [-0.05, 0) is 23.8 Å². The highest BCUT2D eigenvalue weighted by Gasteiger charge is 2.11. The third-order valence-corrected chi connectivity index (χ3v) is 3.64. The topological polar surface area (TPSA) is 105 Å². The van der Waals surface area contributed by atoms with Gasteiger partial charge in [0.15, 0.2) is 5.82 Å². The van der Waals surface area contributed by atoms with E-state index in [9.17, 15) is 4.79 Å². The van der Waals surface area contributed by atoms with Crippen molar-refractivity contribution < 1.29 is 9.53 Å². The van der Waals surface area contributed by atoms with Gasteiger partial charge in [0, 0.05) is 24.0 Å². The van der Waals surface area contributed by atoms with Gasteiger partial charge in [-0.15, -0.1) is 0 Å². The van der Waals surface area contributed by atoms with Crippen LogP contribution >= 0.6 is 0 Å². The SMILES string of the molecule is COc1ccccc1-c1ccc2c(NC(=O)NCCN)n[nH]c2c1. The van der Waals surface area contributed by atoms with E-state index >= 15 is 0 Å². The Kier molecular flexibility index (Phi) is 4.62. The minimum atomic E-state index is -0.331. The summed E-state index contributed by atoms with van der Waals surface area (Å²) in [5.74, 6) is 1.28. The Labute approximate surface area is 139 Å². The zero-order valence-corrected chi connectivity index (χ0v) is 13.3. The fraction of sp³-hybridized carbons (Fsp3) is 0.176. The normalized spacial score (nSPS) is 10.6. The van der Waals surface area contributed by atoms with Gasteiger partial charge in [-0.1, -0.05) is 24.3 Å². The Balaban J connectivity index is 1.89. The van der Waals surface area contributed by atoms with E-state index in [1.165, 1.54) is 0 Å². The highest BCUT2D eigenvalue weighted by molar-refractivity contribution is 6.00. The number of nitrogens with one attached hydrogen (secondary N) is 3. The van der Waals surface area contributed by atoms with E-state index in [2.05, 4.69) is 20.8 Å². The van der Waals surface area contributed by atoms with Gasteiger partial charge in [0.2, 0.25) is 0 Å². The summed E-state index contributed by atoms with van der Waals surface area (Å²) in [6.07, 6.45) is 0. The lowest BCUT2D eigenvalue weighted by molar-refractivity contribution is 0.252. The van der Waals surface area contributed by atoms with E-state index in [4.69, 9.17) is 10.5 Å². The van der Waals surface area contributed by atoms with Crippen LogP contribution in [0.1, 0.15) is 0 Å². The number of hydrogen-bond acceptors (Lipinski definition) is 4. The van der Waals surface area contributed by atoms with E-state index in [-0.39, 0.29) is 6.03 Å². The second-order valence-electron chi connectivity index (χ2n) is 5.20. The lowest BCUT2D eigenvalue weighted by Crippen LogP contribution is -2.33. The van der Waals surface area contributed by atoms with Crippen LogP contribution in [0, 0.1) is 0 Å². The summed E-state index contributed by atoms with van der Waals surface area (Å²) in [6.45, 7) is 0.795. The standard InChI is InChI=1S/C17H19N5O2/c1-24-15-5-3-2-4-12(15)11-6-7-13-14(10-11)21-22-16(13)20-17(23)19-9-8-18/h2-7,10H,8-9,18H2,1H3,(H3,19,20,21,22,23). The van der Waals surface area contributed by atoms with Crippen molar-refractivity contribution in [2.45, 2.75) is 0 Å². The minimum Gasteiger partial charge on any atom is -0.496 e. The zero-order chi connectivity index (χ0) is 16.9.